The molecule has 132 valence electrons. The van der Waals surface area contributed by atoms with Crippen LogP contribution in [0.2, 0.25) is 15.2 Å². The third kappa shape index (κ3) is 4.76. The van der Waals surface area contributed by atoms with Gasteiger partial charge >= 0.3 is 0 Å². The van der Waals surface area contributed by atoms with E-state index in [1.165, 1.54) is 12.1 Å². The monoisotopic (exact) mass is 400 g/mol. The number of nitrogens with one attached hydrogen (secondary N) is 1. The third-order valence-corrected chi connectivity index (χ3v) is 4.42. The van der Waals surface area contributed by atoms with E-state index >= 15 is 0 Å². The van der Waals surface area contributed by atoms with E-state index in [0.717, 1.165) is 19.4 Å². The van der Waals surface area contributed by atoms with E-state index < -0.39 is 5.91 Å². The number of amides is 1. The number of aromatic nitrogens is 1. The van der Waals surface area contributed by atoms with E-state index in [1.54, 1.807) is 18.2 Å². The molecule has 3 rings (SSSR count). The zero-order chi connectivity index (χ0) is 17.8. The Labute approximate surface area is 160 Å². The molecule has 1 aromatic heterocycles. The van der Waals surface area contributed by atoms with Gasteiger partial charge in [0.1, 0.15) is 23.2 Å². The number of carbonyl (C=O) groups is 1. The van der Waals surface area contributed by atoms with Crippen molar-refractivity contribution in [3.63, 3.8) is 0 Å². The highest BCUT2D eigenvalue weighted by Crippen LogP contribution is 2.30. The summed E-state index contributed by atoms with van der Waals surface area (Å²) in [6.45, 7) is 1.15. The van der Waals surface area contributed by atoms with Gasteiger partial charge in [0.25, 0.3) is 5.91 Å². The summed E-state index contributed by atoms with van der Waals surface area (Å²) in [7, 11) is 0. The summed E-state index contributed by atoms with van der Waals surface area (Å²) < 4.78 is 11.3. The second kappa shape index (κ2) is 8.23. The van der Waals surface area contributed by atoms with Crippen molar-refractivity contribution in [2.75, 3.05) is 18.5 Å². The van der Waals surface area contributed by atoms with Crippen molar-refractivity contribution in [3.8, 4) is 5.75 Å². The molecule has 1 aromatic carbocycles. The number of pyridine rings is 1. The fraction of sp³-hybridized carbons (Fsp3) is 0.294. The molecule has 8 heteroatoms. The number of ether oxygens (including phenoxy) is 2. The maximum absolute atomic E-state index is 12.5. The molecule has 1 fully saturated rings. The topological polar surface area (TPSA) is 60.5 Å². The molecule has 2 aromatic rings. The Morgan fingerprint density at radius 2 is 2.12 bits per heavy atom. The van der Waals surface area contributed by atoms with Crippen LogP contribution < -0.4 is 10.1 Å². The summed E-state index contributed by atoms with van der Waals surface area (Å²) in [4.78, 5) is 16.4. The van der Waals surface area contributed by atoms with Crippen LogP contribution in [0.5, 0.6) is 5.75 Å². The van der Waals surface area contributed by atoms with Crippen molar-refractivity contribution in [2.24, 2.45) is 0 Å². The first-order chi connectivity index (χ1) is 12.0. The molecule has 1 atom stereocenters. The zero-order valence-corrected chi connectivity index (χ0v) is 15.4. The highest BCUT2D eigenvalue weighted by atomic mass is 35.5. The molecule has 5 nitrogen and oxygen atoms in total. The molecular formula is C17H15Cl3N2O3. The van der Waals surface area contributed by atoms with Gasteiger partial charge in [-0.15, -0.1) is 0 Å². The number of benzene rings is 1. The van der Waals surface area contributed by atoms with Gasteiger partial charge in [-0.25, -0.2) is 4.98 Å². The van der Waals surface area contributed by atoms with E-state index in [2.05, 4.69) is 10.3 Å². The van der Waals surface area contributed by atoms with Crippen LogP contribution in [0.3, 0.4) is 0 Å². The average Bonchev–Trinajstić information content (AvgIpc) is 3.10. The molecule has 0 bridgehead atoms. The van der Waals surface area contributed by atoms with Crippen LogP contribution in [0.4, 0.5) is 5.69 Å². The molecule has 0 radical (unpaired) electrons. The second-order valence-electron chi connectivity index (χ2n) is 5.51. The van der Waals surface area contributed by atoms with Gasteiger partial charge in [0.15, 0.2) is 0 Å². The van der Waals surface area contributed by atoms with Crippen LogP contribution in [0.25, 0.3) is 0 Å². The Morgan fingerprint density at radius 1 is 1.28 bits per heavy atom. The van der Waals surface area contributed by atoms with Crippen LogP contribution in [-0.2, 0) is 4.74 Å². The number of halogens is 3. The highest BCUT2D eigenvalue weighted by Gasteiger charge is 2.19. The summed E-state index contributed by atoms with van der Waals surface area (Å²) >= 11 is 17.9. The van der Waals surface area contributed by atoms with Gasteiger partial charge in [-0.1, -0.05) is 34.8 Å². The lowest BCUT2D eigenvalue weighted by Gasteiger charge is -2.15. The Balaban J connectivity index is 1.77. The van der Waals surface area contributed by atoms with Gasteiger partial charge < -0.3 is 14.8 Å². The highest BCUT2D eigenvalue weighted by molar-refractivity contribution is 6.35. The Kier molecular flexibility index (Phi) is 6.02. The van der Waals surface area contributed by atoms with Gasteiger partial charge in [0.05, 0.1) is 16.8 Å². The minimum atomic E-state index is -0.503. The zero-order valence-electron chi connectivity index (χ0n) is 13.1. The quantitative estimate of drug-likeness (QED) is 0.727. The first kappa shape index (κ1) is 18.3. The van der Waals surface area contributed by atoms with Gasteiger partial charge in [-0.2, -0.15) is 0 Å². The average molecular weight is 402 g/mol. The van der Waals surface area contributed by atoms with E-state index in [1.807, 2.05) is 0 Å². The number of rotatable bonds is 5. The van der Waals surface area contributed by atoms with Gasteiger partial charge in [0, 0.05) is 11.6 Å². The molecule has 1 amide bonds. The fourth-order valence-electron chi connectivity index (χ4n) is 2.44. The van der Waals surface area contributed by atoms with Crippen molar-refractivity contribution in [1.29, 1.82) is 0 Å². The van der Waals surface area contributed by atoms with Gasteiger partial charge in [-0.05, 0) is 43.2 Å². The van der Waals surface area contributed by atoms with Crippen LogP contribution in [0.15, 0.2) is 30.3 Å². The largest absolute Gasteiger partial charge is 0.489 e. The summed E-state index contributed by atoms with van der Waals surface area (Å²) in [5.41, 5.74) is 0.451. The molecule has 25 heavy (non-hydrogen) atoms. The van der Waals surface area contributed by atoms with E-state index in [4.69, 9.17) is 44.3 Å². The fourth-order valence-corrected chi connectivity index (χ4v) is 2.95. The normalized spacial score (nSPS) is 16.7. The minimum Gasteiger partial charge on any atom is -0.489 e. The lowest BCUT2D eigenvalue weighted by molar-refractivity contribution is 0.0682. The van der Waals surface area contributed by atoms with Crippen LogP contribution in [0.1, 0.15) is 23.3 Å². The van der Waals surface area contributed by atoms with Gasteiger partial charge in [0.2, 0.25) is 0 Å². The van der Waals surface area contributed by atoms with Crippen LogP contribution in [0, 0.1) is 0 Å². The van der Waals surface area contributed by atoms with Crippen molar-refractivity contribution in [1.82, 2.24) is 4.98 Å². The molecule has 0 spiro atoms. The molecular weight excluding hydrogens is 387 g/mol. The van der Waals surface area contributed by atoms with E-state index in [9.17, 15) is 4.79 Å². The molecule has 2 heterocycles. The van der Waals surface area contributed by atoms with Crippen LogP contribution >= 0.6 is 34.8 Å². The lowest BCUT2D eigenvalue weighted by atomic mass is 10.2. The maximum Gasteiger partial charge on any atom is 0.275 e. The Hall–Kier alpha value is -1.53. The number of carbonyl (C=O) groups excluding carboxylic acids is 1. The van der Waals surface area contributed by atoms with Gasteiger partial charge in [-0.3, -0.25) is 4.79 Å². The number of nitrogens with zero attached hydrogens (tertiary/aromatic N) is 1. The molecule has 1 unspecified atom stereocenters. The predicted octanol–water partition coefficient (Wildman–Crippen LogP) is 4.85. The second-order valence-corrected chi connectivity index (χ2v) is 6.74. The number of hydrogen-bond donors (Lipinski definition) is 1. The SMILES string of the molecule is O=C(Nc1cc(Cl)ccc1OCC1CCCO1)c1nc(Cl)ccc1Cl. The molecule has 1 aliphatic rings. The summed E-state index contributed by atoms with van der Waals surface area (Å²) in [5.74, 6) is -0.0110. The van der Waals surface area contributed by atoms with Crippen molar-refractivity contribution >= 4 is 46.4 Å². The molecule has 1 saturated heterocycles. The first-order valence-electron chi connectivity index (χ1n) is 7.70. The Bertz CT molecular complexity index is 780. The van der Waals surface area contributed by atoms with Crippen LogP contribution in [-0.4, -0.2) is 30.2 Å². The molecule has 0 saturated carbocycles. The Morgan fingerprint density at radius 3 is 2.88 bits per heavy atom. The smallest absolute Gasteiger partial charge is 0.275 e. The molecule has 1 N–H and O–H groups in total. The standard InChI is InChI=1S/C17H15Cl3N2O3/c18-10-3-5-14(25-9-11-2-1-7-24-11)13(8-10)21-17(23)16-12(19)4-6-15(20)22-16/h3-6,8,11H,1-2,7,9H2,(H,21,23). The summed E-state index contributed by atoms with van der Waals surface area (Å²) in [5, 5.41) is 3.56. The number of anilines is 1. The maximum atomic E-state index is 12.5. The van der Waals surface area contributed by atoms with Crippen molar-refractivity contribution < 1.29 is 14.3 Å². The minimum absolute atomic E-state index is 0.0271. The van der Waals surface area contributed by atoms with Crippen molar-refractivity contribution in [2.45, 2.75) is 18.9 Å². The molecule has 1 aliphatic heterocycles. The summed E-state index contributed by atoms with van der Waals surface area (Å²) in [6.07, 6.45) is 2.04. The number of hydrogen-bond acceptors (Lipinski definition) is 4. The predicted molar refractivity (Wildman–Crippen MR) is 98.1 cm³/mol. The molecule has 0 aliphatic carbocycles. The lowest BCUT2D eigenvalue weighted by Crippen LogP contribution is -2.18. The van der Waals surface area contributed by atoms with E-state index in [-0.39, 0.29) is 22.0 Å². The third-order valence-electron chi connectivity index (χ3n) is 3.67. The first-order valence-corrected chi connectivity index (χ1v) is 8.83. The summed E-state index contributed by atoms with van der Waals surface area (Å²) in [6, 6.07) is 8.00. The van der Waals surface area contributed by atoms with E-state index in [0.29, 0.717) is 23.1 Å². The van der Waals surface area contributed by atoms with Crippen molar-refractivity contribution in [3.05, 3.63) is 51.2 Å².